The van der Waals surface area contributed by atoms with Crippen LogP contribution in [0.4, 0.5) is 5.69 Å². The number of carbonyl (C=O) groups excluding carboxylic acids is 1. The zero-order valence-electron chi connectivity index (χ0n) is 30.3. The fraction of sp³-hybridized carbons (Fsp3) is 0.286. The predicted octanol–water partition coefficient (Wildman–Crippen LogP) is 9.16. The molecule has 1 aliphatic carbocycles. The van der Waals surface area contributed by atoms with E-state index in [2.05, 4.69) is 59.6 Å². The lowest BCUT2D eigenvalue weighted by Crippen LogP contribution is -2.25. The Morgan fingerprint density at radius 1 is 1.00 bits per heavy atom. The minimum absolute atomic E-state index is 0.0254. The Kier molecular flexibility index (Phi) is 15.2. The molecule has 9 heteroatoms. The summed E-state index contributed by atoms with van der Waals surface area (Å²) in [5.74, 6) is 2.57. The van der Waals surface area contributed by atoms with Crippen molar-refractivity contribution in [1.29, 1.82) is 0 Å². The van der Waals surface area contributed by atoms with Gasteiger partial charge < -0.3 is 19.8 Å². The molecule has 2 N–H and O–H groups in total. The number of hydrogen-bond acceptors (Lipinski definition) is 8. The first-order valence-electron chi connectivity index (χ1n) is 17.4. The molecule has 1 atom stereocenters. The van der Waals surface area contributed by atoms with Gasteiger partial charge >= 0.3 is 0 Å². The van der Waals surface area contributed by atoms with Gasteiger partial charge in [-0.05, 0) is 81.0 Å². The van der Waals surface area contributed by atoms with Crippen molar-refractivity contribution in [3.63, 3.8) is 0 Å². The Bertz CT molecular complexity index is 1920. The molecule has 2 aromatic carbocycles. The third-order valence-corrected chi connectivity index (χ3v) is 8.47. The monoisotopic (exact) mass is 687 g/mol. The molecule has 0 saturated heterocycles. The smallest absolute Gasteiger partial charge is 0.290 e. The van der Waals surface area contributed by atoms with E-state index < -0.39 is 0 Å². The summed E-state index contributed by atoms with van der Waals surface area (Å²) in [6.45, 7) is 8.14. The first kappa shape index (κ1) is 38.3. The number of furan rings is 1. The summed E-state index contributed by atoms with van der Waals surface area (Å²) in [6, 6.07) is 24.4. The fourth-order valence-electron chi connectivity index (χ4n) is 5.32. The number of allylic oxidation sites excluding steroid dienone is 2. The van der Waals surface area contributed by atoms with Gasteiger partial charge in [0.05, 0.1) is 6.20 Å². The molecule has 51 heavy (non-hydrogen) atoms. The van der Waals surface area contributed by atoms with Crippen LogP contribution < -0.4 is 20.9 Å². The Morgan fingerprint density at radius 2 is 1.73 bits per heavy atom. The number of anilines is 1. The van der Waals surface area contributed by atoms with E-state index in [1.165, 1.54) is 28.7 Å². The Hall–Kier alpha value is -5.54. The van der Waals surface area contributed by atoms with Gasteiger partial charge in [0, 0.05) is 44.2 Å². The first-order chi connectivity index (χ1) is 24.9. The van der Waals surface area contributed by atoms with Crippen LogP contribution in [0.25, 0.3) is 17.5 Å². The molecule has 1 unspecified atom stereocenters. The maximum absolute atomic E-state index is 12.5. The second kappa shape index (κ2) is 20.2. The predicted molar refractivity (Wildman–Crippen MR) is 207 cm³/mol. The van der Waals surface area contributed by atoms with Crippen LogP contribution in [0.2, 0.25) is 0 Å². The lowest BCUT2D eigenvalue weighted by Gasteiger charge is -2.17. The van der Waals surface area contributed by atoms with E-state index in [1.54, 1.807) is 29.9 Å². The van der Waals surface area contributed by atoms with Crippen LogP contribution >= 0.6 is 0 Å². The van der Waals surface area contributed by atoms with Crippen molar-refractivity contribution in [2.45, 2.75) is 58.9 Å². The minimum atomic E-state index is -0.0254. The second-order valence-electron chi connectivity index (χ2n) is 12.3. The van der Waals surface area contributed by atoms with E-state index >= 15 is 0 Å². The van der Waals surface area contributed by atoms with E-state index in [4.69, 9.17) is 9.15 Å². The standard InChI is InChI=1S/C17H19N3O.C14H22N2.C11H8O3/c1-18-15-12-19-16(14-8-3-2-4-9-14)20(17(15)21)11-10-13-6-5-7-13;1-5-12(3)14-6-7-16-10-13(14)8-11(2)9-15-4;12-8-10-6-7-11(14-10)13-9-4-2-1-3-5-9/h2-4,8-10,12,18H,5-7,11H2,1H3;6-8,10,12,15H,5,9H2,1-4H3;1-8H/b;11-8+;. The van der Waals surface area contributed by atoms with Crippen LogP contribution in [0.5, 0.6) is 11.7 Å². The lowest BCUT2D eigenvalue weighted by atomic mass is 9.92. The summed E-state index contributed by atoms with van der Waals surface area (Å²) in [7, 11) is 3.71. The van der Waals surface area contributed by atoms with Crippen LogP contribution in [0, 0.1) is 0 Å². The molecule has 9 nitrogen and oxygen atoms in total. The van der Waals surface area contributed by atoms with Crippen LogP contribution in [-0.2, 0) is 6.54 Å². The van der Waals surface area contributed by atoms with Crippen LogP contribution in [0.3, 0.4) is 0 Å². The Balaban J connectivity index is 0.000000176. The molecule has 0 radical (unpaired) electrons. The van der Waals surface area contributed by atoms with E-state index in [9.17, 15) is 9.59 Å². The van der Waals surface area contributed by atoms with E-state index in [0.29, 0.717) is 36.1 Å². The van der Waals surface area contributed by atoms with Crippen molar-refractivity contribution in [2.75, 3.05) is 26.0 Å². The van der Waals surface area contributed by atoms with Gasteiger partial charge in [-0.25, -0.2) is 4.98 Å². The fourth-order valence-corrected chi connectivity index (χ4v) is 5.32. The average Bonchev–Trinajstić information content (AvgIpc) is 3.60. The summed E-state index contributed by atoms with van der Waals surface area (Å²) >= 11 is 0. The van der Waals surface area contributed by atoms with Crippen molar-refractivity contribution in [1.82, 2.24) is 19.9 Å². The number of aldehydes is 1. The number of nitrogens with one attached hydrogen (secondary N) is 2. The van der Waals surface area contributed by atoms with Gasteiger partial charge in [0.1, 0.15) is 17.3 Å². The zero-order valence-corrected chi connectivity index (χ0v) is 30.3. The number of nitrogens with zero attached hydrogens (tertiary/aromatic N) is 3. The largest absolute Gasteiger partial charge is 0.426 e. The Labute approximate surface area is 301 Å². The summed E-state index contributed by atoms with van der Waals surface area (Å²) in [4.78, 5) is 31.6. The van der Waals surface area contributed by atoms with E-state index in [0.717, 1.165) is 37.2 Å². The molecule has 0 aliphatic heterocycles. The molecule has 5 aromatic rings. The summed E-state index contributed by atoms with van der Waals surface area (Å²) in [6.07, 6.45) is 15.2. The molecule has 0 spiro atoms. The summed E-state index contributed by atoms with van der Waals surface area (Å²) in [5.41, 5.74) is 6.89. The highest BCUT2D eigenvalue weighted by Crippen LogP contribution is 2.26. The van der Waals surface area contributed by atoms with Gasteiger partial charge in [-0.3, -0.25) is 19.1 Å². The van der Waals surface area contributed by atoms with E-state index in [-0.39, 0.29) is 11.3 Å². The lowest BCUT2D eigenvalue weighted by molar-refractivity contribution is 0.109. The molecule has 6 rings (SSSR count). The van der Waals surface area contributed by atoms with Gasteiger partial charge in [0.15, 0.2) is 12.0 Å². The van der Waals surface area contributed by atoms with Gasteiger partial charge in [-0.15, -0.1) is 0 Å². The number of ether oxygens (including phenoxy) is 1. The SMILES string of the molecule is CCC(C)c1ccncc1/C=C(\C)CNC.CNc1cnc(-c2ccccc2)n(CC=C2CCC2)c1=O.O=Cc1ccc(Oc2ccccc2)o1. The molecule has 0 bridgehead atoms. The molecule has 1 fully saturated rings. The minimum Gasteiger partial charge on any atom is -0.426 e. The third kappa shape index (κ3) is 11.5. The Morgan fingerprint density at radius 3 is 2.33 bits per heavy atom. The number of hydrogen-bond donors (Lipinski definition) is 2. The second-order valence-corrected chi connectivity index (χ2v) is 12.3. The summed E-state index contributed by atoms with van der Waals surface area (Å²) in [5, 5.41) is 6.08. The molecule has 3 aromatic heterocycles. The van der Waals surface area contributed by atoms with Crippen LogP contribution in [0.1, 0.15) is 74.1 Å². The maximum atomic E-state index is 12.5. The highest BCUT2D eigenvalue weighted by Gasteiger charge is 2.13. The van der Waals surface area contributed by atoms with Crippen LogP contribution in [-0.4, -0.2) is 41.5 Å². The maximum Gasteiger partial charge on any atom is 0.290 e. The molecule has 0 amide bonds. The average molecular weight is 688 g/mol. The number of para-hydroxylation sites is 1. The third-order valence-electron chi connectivity index (χ3n) is 8.47. The highest BCUT2D eigenvalue weighted by atomic mass is 16.6. The number of rotatable bonds is 12. The van der Waals surface area contributed by atoms with Gasteiger partial charge in [-0.2, -0.15) is 0 Å². The van der Waals surface area contributed by atoms with Gasteiger partial charge in [0.2, 0.25) is 0 Å². The van der Waals surface area contributed by atoms with Crippen LogP contribution in [0.15, 0.2) is 124 Å². The van der Waals surface area contributed by atoms with Crippen molar-refractivity contribution in [2.24, 2.45) is 0 Å². The summed E-state index contributed by atoms with van der Waals surface area (Å²) < 4.78 is 12.1. The zero-order chi connectivity index (χ0) is 36.4. The molecule has 266 valence electrons. The number of carbonyl (C=O) groups is 1. The topological polar surface area (TPSA) is 111 Å². The highest BCUT2D eigenvalue weighted by molar-refractivity contribution is 5.70. The quantitative estimate of drug-likeness (QED) is 0.0987. The molecule has 3 heterocycles. The van der Waals surface area contributed by atoms with E-state index in [1.807, 2.05) is 80.1 Å². The van der Waals surface area contributed by atoms with Crippen molar-refractivity contribution in [3.05, 3.63) is 142 Å². The number of likely N-dealkylation sites (N-methyl/N-ethyl adjacent to an activating group) is 1. The van der Waals surface area contributed by atoms with Crippen molar-refractivity contribution >= 4 is 18.0 Å². The molecular formula is C42H49N5O4. The molecular weight excluding hydrogens is 638 g/mol. The van der Waals surface area contributed by atoms with Crippen molar-refractivity contribution in [3.8, 4) is 23.1 Å². The molecule has 1 aliphatic rings. The van der Waals surface area contributed by atoms with Crippen molar-refractivity contribution < 1.29 is 13.9 Å². The van der Waals surface area contributed by atoms with Gasteiger partial charge in [-0.1, -0.05) is 85.7 Å². The van der Waals surface area contributed by atoms with Gasteiger partial charge in [0.25, 0.3) is 11.5 Å². The first-order valence-corrected chi connectivity index (χ1v) is 17.4. The number of pyridine rings is 1. The number of aromatic nitrogens is 3. The normalized spacial score (nSPS) is 12.6. The molecule has 1 saturated carbocycles. The number of benzene rings is 2.